The van der Waals surface area contributed by atoms with Gasteiger partial charge in [0, 0.05) is 9.37 Å². The predicted octanol–water partition coefficient (Wildman–Crippen LogP) is 4.23. The SMILES string of the molecule is OCc1ccc(Br)cc1Sc1nc2ccccc2o1. The Labute approximate surface area is 122 Å². The Morgan fingerprint density at radius 2 is 2.05 bits per heavy atom. The second-order valence-corrected chi connectivity index (χ2v) is 5.87. The van der Waals surface area contributed by atoms with Gasteiger partial charge < -0.3 is 9.52 Å². The zero-order valence-corrected chi connectivity index (χ0v) is 12.2. The first-order valence-corrected chi connectivity index (χ1v) is 7.30. The molecule has 0 aliphatic heterocycles. The molecule has 1 heterocycles. The van der Waals surface area contributed by atoms with Crippen LogP contribution in [0.4, 0.5) is 0 Å². The fourth-order valence-electron chi connectivity index (χ4n) is 1.74. The topological polar surface area (TPSA) is 46.3 Å². The van der Waals surface area contributed by atoms with E-state index in [1.165, 1.54) is 11.8 Å². The highest BCUT2D eigenvalue weighted by molar-refractivity contribution is 9.10. The van der Waals surface area contributed by atoms with Crippen LogP contribution in [0.5, 0.6) is 0 Å². The number of rotatable bonds is 3. The van der Waals surface area contributed by atoms with E-state index < -0.39 is 0 Å². The van der Waals surface area contributed by atoms with Gasteiger partial charge in [0.2, 0.25) is 0 Å². The van der Waals surface area contributed by atoms with Crippen LogP contribution < -0.4 is 0 Å². The Hall–Kier alpha value is -1.30. The van der Waals surface area contributed by atoms with Gasteiger partial charge in [-0.25, -0.2) is 4.98 Å². The summed E-state index contributed by atoms with van der Waals surface area (Å²) in [6.07, 6.45) is 0. The molecule has 5 heteroatoms. The zero-order chi connectivity index (χ0) is 13.2. The molecule has 1 N–H and O–H groups in total. The monoisotopic (exact) mass is 335 g/mol. The van der Waals surface area contributed by atoms with Crippen LogP contribution >= 0.6 is 27.7 Å². The number of nitrogens with zero attached hydrogens (tertiary/aromatic N) is 1. The summed E-state index contributed by atoms with van der Waals surface area (Å²) in [7, 11) is 0. The summed E-state index contributed by atoms with van der Waals surface area (Å²) in [6, 6.07) is 13.4. The summed E-state index contributed by atoms with van der Waals surface area (Å²) >= 11 is 4.84. The van der Waals surface area contributed by atoms with Crippen LogP contribution in [-0.2, 0) is 6.61 Å². The molecule has 0 unspecified atom stereocenters. The molecule has 0 aliphatic rings. The van der Waals surface area contributed by atoms with Crippen LogP contribution in [0.25, 0.3) is 11.1 Å². The Kier molecular flexibility index (Phi) is 3.59. The Bertz CT molecular complexity index is 693. The molecule has 19 heavy (non-hydrogen) atoms. The molecule has 96 valence electrons. The number of aromatic nitrogens is 1. The van der Waals surface area contributed by atoms with Crippen LogP contribution in [0, 0.1) is 0 Å². The van der Waals surface area contributed by atoms with Gasteiger partial charge in [0.15, 0.2) is 5.58 Å². The lowest BCUT2D eigenvalue weighted by Crippen LogP contribution is -1.87. The Balaban J connectivity index is 1.98. The van der Waals surface area contributed by atoms with Crippen molar-refractivity contribution in [1.82, 2.24) is 4.98 Å². The van der Waals surface area contributed by atoms with E-state index >= 15 is 0 Å². The molecule has 0 saturated carbocycles. The fraction of sp³-hybridized carbons (Fsp3) is 0.0714. The summed E-state index contributed by atoms with van der Waals surface area (Å²) < 4.78 is 6.63. The molecule has 0 amide bonds. The van der Waals surface area contributed by atoms with Crippen LogP contribution in [0.3, 0.4) is 0 Å². The molecule has 2 aromatic carbocycles. The minimum Gasteiger partial charge on any atom is -0.431 e. The van der Waals surface area contributed by atoms with Crippen LogP contribution in [0.1, 0.15) is 5.56 Å². The molecule has 0 bridgehead atoms. The molecule has 0 spiro atoms. The smallest absolute Gasteiger partial charge is 0.261 e. The average Bonchev–Trinajstić information content (AvgIpc) is 2.81. The molecule has 0 aliphatic carbocycles. The van der Waals surface area contributed by atoms with Crippen LogP contribution in [0.2, 0.25) is 0 Å². The van der Waals surface area contributed by atoms with Gasteiger partial charge >= 0.3 is 0 Å². The van der Waals surface area contributed by atoms with Crippen molar-refractivity contribution in [2.45, 2.75) is 16.7 Å². The number of benzene rings is 2. The van der Waals surface area contributed by atoms with Crippen LogP contribution in [-0.4, -0.2) is 10.1 Å². The van der Waals surface area contributed by atoms with Crippen LogP contribution in [0.15, 0.2) is 61.5 Å². The highest BCUT2D eigenvalue weighted by Gasteiger charge is 2.10. The van der Waals surface area contributed by atoms with Gasteiger partial charge in [0.05, 0.1) is 6.61 Å². The van der Waals surface area contributed by atoms with Crippen molar-refractivity contribution < 1.29 is 9.52 Å². The molecule has 0 fully saturated rings. The van der Waals surface area contributed by atoms with Crippen molar-refractivity contribution in [1.29, 1.82) is 0 Å². The number of para-hydroxylation sites is 2. The van der Waals surface area contributed by atoms with Gasteiger partial charge in [-0.2, -0.15) is 0 Å². The van der Waals surface area contributed by atoms with E-state index in [4.69, 9.17) is 4.42 Å². The van der Waals surface area contributed by atoms with Gasteiger partial charge in [-0.1, -0.05) is 34.1 Å². The van der Waals surface area contributed by atoms with Gasteiger partial charge in [-0.05, 0) is 41.6 Å². The largest absolute Gasteiger partial charge is 0.431 e. The second kappa shape index (κ2) is 5.36. The van der Waals surface area contributed by atoms with E-state index in [1.807, 2.05) is 42.5 Å². The quantitative estimate of drug-likeness (QED) is 0.777. The Morgan fingerprint density at radius 3 is 2.84 bits per heavy atom. The first-order chi connectivity index (χ1) is 9.26. The van der Waals surface area contributed by atoms with Crippen molar-refractivity contribution in [3.05, 3.63) is 52.5 Å². The molecule has 0 saturated heterocycles. The highest BCUT2D eigenvalue weighted by atomic mass is 79.9. The van der Waals surface area contributed by atoms with Crippen molar-refractivity contribution in [2.24, 2.45) is 0 Å². The van der Waals surface area contributed by atoms with E-state index in [0.717, 1.165) is 26.0 Å². The van der Waals surface area contributed by atoms with Gasteiger partial charge in [0.1, 0.15) is 5.52 Å². The van der Waals surface area contributed by atoms with E-state index in [0.29, 0.717) is 5.22 Å². The molecule has 3 nitrogen and oxygen atoms in total. The first kappa shape index (κ1) is 12.7. The fourth-order valence-corrected chi connectivity index (χ4v) is 3.17. The van der Waals surface area contributed by atoms with E-state index in [-0.39, 0.29) is 6.61 Å². The number of hydrogen-bond acceptors (Lipinski definition) is 4. The minimum atomic E-state index is -0.00413. The van der Waals surface area contributed by atoms with Crippen molar-refractivity contribution in [3.8, 4) is 0 Å². The summed E-state index contributed by atoms with van der Waals surface area (Å²) in [6.45, 7) is -0.00413. The van der Waals surface area contributed by atoms with Gasteiger partial charge in [-0.15, -0.1) is 0 Å². The third-order valence-electron chi connectivity index (χ3n) is 2.67. The maximum absolute atomic E-state index is 9.35. The molecule has 3 rings (SSSR count). The lowest BCUT2D eigenvalue weighted by atomic mass is 10.2. The number of aliphatic hydroxyl groups is 1. The Morgan fingerprint density at radius 1 is 1.21 bits per heavy atom. The molecular formula is C14H10BrNO2S. The standard InChI is InChI=1S/C14H10BrNO2S/c15-10-6-5-9(8-17)13(7-10)19-14-16-11-3-1-2-4-12(11)18-14/h1-7,17H,8H2. The number of aliphatic hydroxyl groups excluding tert-OH is 1. The van der Waals surface area contributed by atoms with Crippen molar-refractivity contribution in [3.63, 3.8) is 0 Å². The minimum absolute atomic E-state index is 0.00413. The number of oxazole rings is 1. The average molecular weight is 336 g/mol. The molecular weight excluding hydrogens is 326 g/mol. The summed E-state index contributed by atoms with van der Waals surface area (Å²) in [5.74, 6) is 0. The molecule has 1 aromatic heterocycles. The molecule has 0 atom stereocenters. The van der Waals surface area contributed by atoms with E-state index in [2.05, 4.69) is 20.9 Å². The molecule has 0 radical (unpaired) electrons. The van der Waals surface area contributed by atoms with Crippen molar-refractivity contribution >= 4 is 38.8 Å². The third-order valence-corrected chi connectivity index (χ3v) is 4.11. The van der Waals surface area contributed by atoms with Gasteiger partial charge in [-0.3, -0.25) is 0 Å². The number of fused-ring (bicyclic) bond motifs is 1. The van der Waals surface area contributed by atoms with Gasteiger partial charge in [0.25, 0.3) is 5.22 Å². The summed E-state index contributed by atoms with van der Waals surface area (Å²) in [5, 5.41) is 9.93. The lowest BCUT2D eigenvalue weighted by molar-refractivity contribution is 0.279. The van der Waals surface area contributed by atoms with E-state index in [1.54, 1.807) is 0 Å². The zero-order valence-electron chi connectivity index (χ0n) is 9.84. The highest BCUT2D eigenvalue weighted by Crippen LogP contribution is 2.33. The third kappa shape index (κ3) is 2.68. The number of hydrogen-bond donors (Lipinski definition) is 1. The normalized spacial score (nSPS) is 11.1. The summed E-state index contributed by atoms with van der Waals surface area (Å²) in [5.41, 5.74) is 2.46. The van der Waals surface area contributed by atoms with Crippen molar-refractivity contribution in [2.75, 3.05) is 0 Å². The molecule has 3 aromatic rings. The summed E-state index contributed by atoms with van der Waals surface area (Å²) in [4.78, 5) is 5.35. The number of halogens is 1. The lowest BCUT2D eigenvalue weighted by Gasteiger charge is -2.04. The second-order valence-electron chi connectivity index (χ2n) is 3.96. The van der Waals surface area contributed by atoms with E-state index in [9.17, 15) is 5.11 Å². The maximum Gasteiger partial charge on any atom is 0.261 e. The maximum atomic E-state index is 9.35. The first-order valence-electron chi connectivity index (χ1n) is 5.69. The predicted molar refractivity (Wildman–Crippen MR) is 78.2 cm³/mol.